The lowest BCUT2D eigenvalue weighted by atomic mass is 10.1. The van der Waals surface area contributed by atoms with E-state index in [0.29, 0.717) is 105 Å². The van der Waals surface area contributed by atoms with E-state index >= 15 is 0 Å². The van der Waals surface area contributed by atoms with Gasteiger partial charge in [-0.1, -0.05) is 82.8 Å². The number of methoxy groups -OCH3 is 4. The van der Waals surface area contributed by atoms with E-state index < -0.39 is 46.9 Å². The van der Waals surface area contributed by atoms with Crippen molar-refractivity contribution < 1.29 is 114 Å². The first-order chi connectivity index (χ1) is 54.5. The number of halogens is 8. The number of ether oxygens (including phenoxy) is 12. The van der Waals surface area contributed by atoms with E-state index in [1.807, 2.05) is 65.6 Å². The Balaban J connectivity index is 0.000000173. The Morgan fingerprint density at radius 1 is 0.372 bits per heavy atom. The van der Waals surface area contributed by atoms with Gasteiger partial charge in [0.15, 0.2) is 69.1 Å². The molecule has 4 heterocycles. The maximum atomic E-state index is 14.7. The fraction of sp³-hybridized carbons (Fsp3) is 0.325. The molecule has 0 atom stereocenters. The van der Waals surface area contributed by atoms with Crippen LogP contribution in [0.25, 0.3) is 0 Å². The molecule has 8 aromatic rings. The second-order valence-electron chi connectivity index (χ2n) is 25.3. The normalized spacial score (nSPS) is 12.5. The Morgan fingerprint density at radius 3 is 1.08 bits per heavy atom. The smallest absolute Gasteiger partial charge is 0.257 e. The van der Waals surface area contributed by atoms with Crippen LogP contribution in [0.5, 0.6) is 69.0 Å². The highest BCUT2D eigenvalue weighted by molar-refractivity contribution is 6.32. The van der Waals surface area contributed by atoms with Crippen LogP contribution in [0.3, 0.4) is 0 Å². The Hall–Kier alpha value is -10.2. The fourth-order valence-corrected chi connectivity index (χ4v) is 12.7. The monoisotopic (exact) mass is 1650 g/mol. The minimum absolute atomic E-state index is 0.0269. The number of carbonyl (C=O) groups excluding carboxylic acids is 4. The predicted molar refractivity (Wildman–Crippen MR) is 402 cm³/mol. The Labute approximate surface area is 667 Å². The largest absolute Gasteiger partial charge is 0.493 e. The number of hydrogen-bond donors (Lipinski definition) is 8. The number of hydrogen-bond acceptors (Lipinski definition) is 24. The minimum atomic E-state index is -0.647. The zero-order valence-corrected chi connectivity index (χ0v) is 64.6. The summed E-state index contributed by atoms with van der Waals surface area (Å²) in [5.41, 5.74) is 11.5. The van der Waals surface area contributed by atoms with Crippen LogP contribution in [-0.2, 0) is 71.5 Å². The summed E-state index contributed by atoms with van der Waals surface area (Å²) in [4.78, 5) is 53.4. The van der Waals surface area contributed by atoms with Crippen LogP contribution in [0.2, 0.25) is 20.1 Å². The summed E-state index contributed by atoms with van der Waals surface area (Å²) in [7, 11) is 5.70. The first-order valence-corrected chi connectivity index (χ1v) is 36.2. The number of carbonyl (C=O) groups is 4. The van der Waals surface area contributed by atoms with Gasteiger partial charge in [-0.15, -0.1) is 0 Å². The fourth-order valence-electron chi connectivity index (χ4n) is 12.0. The van der Waals surface area contributed by atoms with Crippen LogP contribution in [0, 0.1) is 23.3 Å². The number of rotatable bonds is 31. The van der Waals surface area contributed by atoms with Gasteiger partial charge in [0.1, 0.15) is 38.1 Å². The molecule has 0 aliphatic carbocycles. The van der Waals surface area contributed by atoms with E-state index in [1.54, 1.807) is 47.1 Å². The lowest BCUT2D eigenvalue weighted by molar-refractivity contribution is -0.131. The number of nitrogens with one attached hydrogen (secondary N) is 4. The summed E-state index contributed by atoms with van der Waals surface area (Å²) >= 11 is 23.3. The van der Waals surface area contributed by atoms with Gasteiger partial charge in [0.05, 0.1) is 45.0 Å². The van der Waals surface area contributed by atoms with Gasteiger partial charge in [-0.25, -0.2) is 39.5 Å². The van der Waals surface area contributed by atoms with Crippen molar-refractivity contribution in [3.8, 4) is 69.0 Å². The van der Waals surface area contributed by atoms with Crippen molar-refractivity contribution in [3.05, 3.63) is 209 Å². The van der Waals surface area contributed by atoms with Crippen molar-refractivity contribution >= 4 is 70.0 Å². The van der Waals surface area contributed by atoms with Crippen LogP contribution < -0.4 is 78.8 Å². The molecule has 0 spiro atoms. The Morgan fingerprint density at radius 2 is 0.717 bits per heavy atom. The highest BCUT2D eigenvalue weighted by Crippen LogP contribution is 2.44. The summed E-state index contributed by atoms with van der Waals surface area (Å²) in [6.07, 6.45) is 0.0711. The van der Waals surface area contributed by atoms with Crippen molar-refractivity contribution in [1.82, 2.24) is 41.5 Å². The summed E-state index contributed by atoms with van der Waals surface area (Å²) in [5, 5.41) is 35.9. The third-order valence-corrected chi connectivity index (χ3v) is 18.4. The molecule has 36 heteroatoms. The van der Waals surface area contributed by atoms with Gasteiger partial charge in [-0.3, -0.25) is 59.6 Å². The molecule has 0 saturated carbocycles. The molecule has 113 heavy (non-hydrogen) atoms. The van der Waals surface area contributed by atoms with Gasteiger partial charge in [-0.05, 0) is 107 Å². The molecule has 0 aromatic heterocycles. The van der Waals surface area contributed by atoms with Gasteiger partial charge >= 0.3 is 0 Å². The molecule has 8 N–H and O–H groups in total. The quantitative estimate of drug-likeness (QED) is 0.0114. The van der Waals surface area contributed by atoms with Crippen molar-refractivity contribution in [3.63, 3.8) is 0 Å². The van der Waals surface area contributed by atoms with Gasteiger partial charge in [0.25, 0.3) is 5.91 Å². The van der Waals surface area contributed by atoms with Gasteiger partial charge in [0, 0.05) is 124 Å². The second kappa shape index (κ2) is 43.2. The Bertz CT molecular complexity index is 4360. The Kier molecular flexibility index (Phi) is 33.1. The van der Waals surface area contributed by atoms with Crippen molar-refractivity contribution in [2.24, 2.45) is 0 Å². The first-order valence-electron chi connectivity index (χ1n) is 34.7. The predicted octanol–water partition coefficient (Wildman–Crippen LogP) is 12.2. The molecule has 12 rings (SSSR count). The lowest BCUT2D eigenvalue weighted by Crippen LogP contribution is -2.35. The molecule has 4 amide bonds. The van der Waals surface area contributed by atoms with Gasteiger partial charge < -0.3 is 56.8 Å². The SMILES string of the molecule is COc1c(Cl)ccc(CN(CCC(=O)NO)Cc2ccc(Cl)c(OC)c2F)c1F.COc1cc(CN(CC(=O)NO)Cc2cc(OC)c3c(c2)OCO3)cc2c1OCO2.O=C(CCN(Cc1ccc(Cl)cc1F)Cc1ccc(Cl)cc1F)NO.O=C(CCN(Cc1ccc2c(c1)OCCO2)Cc1ccc2c(c1)OCCO2)NO. The zero-order chi connectivity index (χ0) is 81.1. The van der Waals surface area contributed by atoms with E-state index in [0.717, 1.165) is 45.3 Å². The molecular formula is C77H82Cl4F4N8O20. The summed E-state index contributed by atoms with van der Waals surface area (Å²) < 4.78 is 122. The standard InChI is InChI=1S/C21H24N2O6.C20H22N2O8.C19H20Cl2F2N2O4.C17H16Cl2F2N2O2/c24-21(22-25)5-6-23(13-15-1-3-17-19(11-15)28-9-7-26-17)14-16-2-4-18-20(12-16)29-10-8-27-18;1-25-14-3-12(5-16-19(14)29-10-27-16)7-22(9-18(23)21-24)8-13-4-15(26-2)20-17(6-13)28-11-30-20;1-28-18-13(20)5-3-11(16(18)22)9-25(8-7-15(26)24-27)10-12-4-6-14(21)19(29-2)17(12)23;18-13-3-1-11(15(20)7-13)9-23(6-5-17(24)22-25)10-12-2-4-14(19)8-16(12)21/h1-4,11-12,25H,5-10,13-14H2,(H,22,24);3-6,24H,7-11H2,1-2H3,(H,21,23);3-6,27H,7-10H2,1-2H3,(H,24,26);1-4,7-8,25H,5-6,9-10H2,(H,22,24). The van der Waals surface area contributed by atoms with Crippen molar-refractivity contribution in [1.29, 1.82) is 0 Å². The van der Waals surface area contributed by atoms with E-state index in [9.17, 15) is 36.7 Å². The van der Waals surface area contributed by atoms with E-state index in [-0.39, 0.29) is 121 Å². The second-order valence-corrected chi connectivity index (χ2v) is 27.0. The van der Waals surface area contributed by atoms with E-state index in [1.165, 1.54) is 73.7 Å². The molecular weight excluding hydrogens is 1570 g/mol. The number of amides is 4. The summed E-state index contributed by atoms with van der Waals surface area (Å²) in [6.45, 7) is 5.53. The van der Waals surface area contributed by atoms with Crippen LogP contribution in [0.4, 0.5) is 17.6 Å². The average Bonchev–Trinajstić information content (AvgIpc) is 1.71. The topological polar surface area (TPSA) is 321 Å². The third-order valence-electron chi connectivity index (χ3n) is 17.4. The molecule has 8 aromatic carbocycles. The minimum Gasteiger partial charge on any atom is -0.493 e. The molecule has 28 nitrogen and oxygen atoms in total. The van der Waals surface area contributed by atoms with Crippen molar-refractivity contribution in [2.45, 2.75) is 71.6 Å². The highest BCUT2D eigenvalue weighted by atomic mass is 35.5. The molecule has 0 radical (unpaired) electrons. The van der Waals surface area contributed by atoms with Crippen LogP contribution in [0.15, 0.2) is 121 Å². The number of fused-ring (bicyclic) bond motifs is 4. The van der Waals surface area contributed by atoms with Gasteiger partial charge in [0.2, 0.25) is 42.8 Å². The maximum Gasteiger partial charge on any atom is 0.257 e. The summed E-state index contributed by atoms with van der Waals surface area (Å²) in [5.74, 6) is 1.73. The zero-order valence-electron chi connectivity index (χ0n) is 61.5. The number of benzene rings is 8. The van der Waals surface area contributed by atoms with Crippen LogP contribution in [0.1, 0.15) is 63.8 Å². The first kappa shape index (κ1) is 86.8. The van der Waals surface area contributed by atoms with Crippen LogP contribution in [-0.4, -0.2) is 159 Å². The summed E-state index contributed by atoms with van der Waals surface area (Å²) in [6, 6.07) is 33.6. The molecule has 0 bridgehead atoms. The van der Waals surface area contributed by atoms with E-state index in [4.69, 9.17) is 124 Å². The molecule has 4 aliphatic heterocycles. The maximum absolute atomic E-state index is 14.7. The van der Waals surface area contributed by atoms with Crippen molar-refractivity contribution in [2.75, 3.05) is 94.6 Å². The number of hydroxylamine groups is 4. The molecule has 4 aliphatic rings. The van der Waals surface area contributed by atoms with Crippen LogP contribution >= 0.6 is 46.4 Å². The molecule has 0 fully saturated rings. The molecule has 0 saturated heterocycles. The van der Waals surface area contributed by atoms with E-state index in [2.05, 4.69) is 4.90 Å². The highest BCUT2D eigenvalue weighted by Gasteiger charge is 2.27. The average molecular weight is 1660 g/mol. The molecule has 606 valence electrons. The third kappa shape index (κ3) is 25.1. The number of nitrogens with zero attached hydrogens (tertiary/aromatic N) is 4. The molecule has 0 unspecified atom stereocenters. The lowest BCUT2D eigenvalue weighted by Gasteiger charge is -2.25. The van der Waals surface area contributed by atoms with Gasteiger partial charge in [-0.2, -0.15) is 0 Å².